The summed E-state index contributed by atoms with van der Waals surface area (Å²) in [5.74, 6) is 0. The van der Waals surface area contributed by atoms with Crippen molar-refractivity contribution in [3.8, 4) is 0 Å². The van der Waals surface area contributed by atoms with Crippen LogP contribution in [-0.4, -0.2) is 62.3 Å². The van der Waals surface area contributed by atoms with Crippen molar-refractivity contribution >= 4 is 10.0 Å². The van der Waals surface area contributed by atoms with Crippen LogP contribution in [-0.2, 0) is 21.8 Å². The van der Waals surface area contributed by atoms with E-state index in [1.165, 1.54) is 16.8 Å². The number of piperidine rings is 1. The molecule has 2 fully saturated rings. The van der Waals surface area contributed by atoms with Gasteiger partial charge in [-0.05, 0) is 12.8 Å². The molecule has 0 N–H and O–H groups in total. The molecule has 0 bridgehead atoms. The van der Waals surface area contributed by atoms with E-state index in [9.17, 15) is 8.42 Å². The van der Waals surface area contributed by atoms with Gasteiger partial charge >= 0.3 is 0 Å². The van der Waals surface area contributed by atoms with Crippen molar-refractivity contribution in [1.82, 2.24) is 28.6 Å². The maximum Gasteiger partial charge on any atom is 0.262 e. The first-order valence-corrected chi connectivity index (χ1v) is 9.39. The van der Waals surface area contributed by atoms with Gasteiger partial charge in [0.25, 0.3) is 10.0 Å². The van der Waals surface area contributed by atoms with Gasteiger partial charge in [-0.2, -0.15) is 4.31 Å². The summed E-state index contributed by atoms with van der Waals surface area (Å²) in [6, 6.07) is 0.150. The number of nitrogens with zero attached hydrogens (tertiary/aromatic N) is 6. The van der Waals surface area contributed by atoms with E-state index in [0.717, 1.165) is 19.3 Å². The second-order valence-electron chi connectivity index (χ2n) is 6.58. The zero-order valence-corrected chi connectivity index (χ0v) is 14.3. The van der Waals surface area contributed by atoms with Crippen molar-refractivity contribution < 1.29 is 13.2 Å². The lowest BCUT2D eigenvalue weighted by atomic mass is 9.90. The first-order valence-electron chi connectivity index (χ1n) is 7.95. The molecule has 2 aromatic heterocycles. The molecular formula is C14H20N6O3S. The predicted molar refractivity (Wildman–Crippen MR) is 83.6 cm³/mol. The fourth-order valence-electron chi connectivity index (χ4n) is 3.61. The number of hydrogen-bond acceptors (Lipinski definition) is 6. The van der Waals surface area contributed by atoms with Gasteiger partial charge in [-0.25, -0.2) is 13.4 Å². The second kappa shape index (κ2) is 5.64. The van der Waals surface area contributed by atoms with E-state index in [1.54, 1.807) is 24.3 Å². The highest BCUT2D eigenvalue weighted by atomic mass is 32.2. The Morgan fingerprint density at radius 1 is 1.29 bits per heavy atom. The van der Waals surface area contributed by atoms with Gasteiger partial charge in [0.2, 0.25) is 0 Å². The zero-order chi connectivity index (χ0) is 16.8. The number of sulfonamides is 1. The van der Waals surface area contributed by atoms with Crippen LogP contribution < -0.4 is 0 Å². The maximum atomic E-state index is 12.8. The van der Waals surface area contributed by atoms with Crippen molar-refractivity contribution in [2.75, 3.05) is 19.7 Å². The Hall–Kier alpha value is -1.78. The van der Waals surface area contributed by atoms with Crippen LogP contribution in [0.25, 0.3) is 0 Å². The topological polar surface area (TPSA) is 95.1 Å². The zero-order valence-electron chi connectivity index (χ0n) is 13.4. The Labute approximate surface area is 140 Å². The molecule has 0 saturated carbocycles. The van der Waals surface area contributed by atoms with Crippen LogP contribution in [0.15, 0.2) is 30.2 Å². The standard InChI is InChI=1S/C14H20N6O3S/c1-18-6-13(15-9-18)24(21,22)20-4-2-3-14(8-20)5-12(7-23-14)19-10-16-17-11-19/h6,9-12H,2-5,7-8H2,1H3/t12-,14+/m0/s1. The van der Waals surface area contributed by atoms with Gasteiger partial charge in [-0.1, -0.05) is 0 Å². The molecule has 2 aromatic rings. The second-order valence-corrected chi connectivity index (χ2v) is 8.47. The number of imidazole rings is 1. The van der Waals surface area contributed by atoms with Crippen LogP contribution in [0.4, 0.5) is 0 Å². The van der Waals surface area contributed by atoms with Gasteiger partial charge in [0.1, 0.15) is 12.7 Å². The summed E-state index contributed by atoms with van der Waals surface area (Å²) >= 11 is 0. The molecule has 2 aliphatic heterocycles. The molecule has 0 unspecified atom stereocenters. The molecule has 2 aliphatic rings. The highest BCUT2D eigenvalue weighted by Gasteiger charge is 2.47. The fourth-order valence-corrected chi connectivity index (χ4v) is 5.13. The van der Waals surface area contributed by atoms with Gasteiger partial charge in [0.05, 0.1) is 24.6 Å². The summed E-state index contributed by atoms with van der Waals surface area (Å²) < 4.78 is 36.8. The smallest absolute Gasteiger partial charge is 0.262 e. The molecular weight excluding hydrogens is 332 g/mol. The van der Waals surface area contributed by atoms with Crippen molar-refractivity contribution in [1.29, 1.82) is 0 Å². The molecule has 9 nitrogen and oxygen atoms in total. The lowest BCUT2D eigenvalue weighted by molar-refractivity contribution is -0.0332. The van der Waals surface area contributed by atoms with E-state index in [0.29, 0.717) is 19.7 Å². The van der Waals surface area contributed by atoms with Crippen molar-refractivity contribution in [3.63, 3.8) is 0 Å². The highest BCUT2D eigenvalue weighted by molar-refractivity contribution is 7.89. The molecule has 2 atom stereocenters. The van der Waals surface area contributed by atoms with E-state index < -0.39 is 15.6 Å². The van der Waals surface area contributed by atoms with E-state index in [2.05, 4.69) is 15.2 Å². The predicted octanol–water partition coefficient (Wildman–Crippen LogP) is 0.196. The lowest BCUT2D eigenvalue weighted by Gasteiger charge is -2.38. The average molecular weight is 352 g/mol. The molecule has 2 saturated heterocycles. The summed E-state index contributed by atoms with van der Waals surface area (Å²) in [6.07, 6.45) is 8.80. The van der Waals surface area contributed by atoms with Gasteiger partial charge in [-0.3, -0.25) is 0 Å². The van der Waals surface area contributed by atoms with Crippen LogP contribution in [0, 0.1) is 0 Å². The van der Waals surface area contributed by atoms with E-state index in [4.69, 9.17) is 4.74 Å². The number of rotatable bonds is 3. The Balaban J connectivity index is 1.54. The number of aromatic nitrogens is 5. The number of aryl methyl sites for hydroxylation is 1. The molecule has 0 aliphatic carbocycles. The minimum absolute atomic E-state index is 0.0930. The van der Waals surface area contributed by atoms with E-state index >= 15 is 0 Å². The number of ether oxygens (including phenoxy) is 1. The molecule has 0 amide bonds. The minimum atomic E-state index is -3.59. The molecule has 4 rings (SSSR count). The summed E-state index contributed by atoms with van der Waals surface area (Å²) in [5, 5.41) is 7.77. The van der Waals surface area contributed by atoms with Gasteiger partial charge < -0.3 is 13.9 Å². The van der Waals surface area contributed by atoms with Gasteiger partial charge in [-0.15, -0.1) is 10.2 Å². The average Bonchev–Trinajstić information content (AvgIpc) is 3.28. The van der Waals surface area contributed by atoms with Crippen LogP contribution in [0.2, 0.25) is 0 Å². The fraction of sp³-hybridized carbons (Fsp3) is 0.643. The van der Waals surface area contributed by atoms with Crippen LogP contribution in [0.3, 0.4) is 0 Å². The Morgan fingerprint density at radius 3 is 2.79 bits per heavy atom. The Morgan fingerprint density at radius 2 is 2.08 bits per heavy atom. The largest absolute Gasteiger partial charge is 0.371 e. The minimum Gasteiger partial charge on any atom is -0.371 e. The van der Waals surface area contributed by atoms with Crippen LogP contribution >= 0.6 is 0 Å². The molecule has 0 aromatic carbocycles. The molecule has 24 heavy (non-hydrogen) atoms. The summed E-state index contributed by atoms with van der Waals surface area (Å²) in [5.41, 5.74) is -0.435. The third-order valence-corrected chi connectivity index (χ3v) is 6.57. The summed E-state index contributed by atoms with van der Waals surface area (Å²) in [7, 11) is -1.83. The molecule has 4 heterocycles. The maximum absolute atomic E-state index is 12.8. The molecule has 0 radical (unpaired) electrons. The monoisotopic (exact) mass is 352 g/mol. The SMILES string of the molecule is Cn1cnc(S(=O)(=O)N2CCC[C@@]3(C[C@H](n4cnnc4)CO3)C2)c1. The van der Waals surface area contributed by atoms with Crippen LogP contribution in [0.1, 0.15) is 25.3 Å². The Bertz CT molecular complexity index is 817. The number of hydrogen-bond donors (Lipinski definition) is 0. The quantitative estimate of drug-likeness (QED) is 0.783. The van der Waals surface area contributed by atoms with Crippen LogP contribution in [0.5, 0.6) is 0 Å². The van der Waals surface area contributed by atoms with Gasteiger partial charge in [0.15, 0.2) is 5.03 Å². The van der Waals surface area contributed by atoms with E-state index in [1.807, 2.05) is 4.57 Å². The lowest BCUT2D eigenvalue weighted by Crippen LogP contribution is -2.50. The van der Waals surface area contributed by atoms with Crippen molar-refractivity contribution in [3.05, 3.63) is 25.2 Å². The molecule has 130 valence electrons. The van der Waals surface area contributed by atoms with Crippen molar-refractivity contribution in [2.45, 2.75) is 35.9 Å². The Kier molecular flexibility index (Phi) is 3.70. The first-order chi connectivity index (χ1) is 11.5. The van der Waals surface area contributed by atoms with E-state index in [-0.39, 0.29) is 11.1 Å². The first kappa shape index (κ1) is 15.7. The molecule has 1 spiro atoms. The van der Waals surface area contributed by atoms with Crippen molar-refractivity contribution in [2.24, 2.45) is 7.05 Å². The van der Waals surface area contributed by atoms with Gasteiger partial charge in [0, 0.05) is 32.8 Å². The highest BCUT2D eigenvalue weighted by Crippen LogP contribution is 2.40. The third-order valence-electron chi connectivity index (χ3n) is 4.84. The molecule has 10 heteroatoms. The summed E-state index contributed by atoms with van der Waals surface area (Å²) in [6.45, 7) is 1.42. The third kappa shape index (κ3) is 2.64. The summed E-state index contributed by atoms with van der Waals surface area (Å²) in [4.78, 5) is 4.01. The normalized spacial score (nSPS) is 28.6.